The quantitative estimate of drug-likeness (QED) is 0.0336. The molecule has 3 aliphatic heterocycles. The van der Waals surface area contributed by atoms with Crippen LogP contribution in [0.2, 0.25) is 0 Å². The molecule has 0 aliphatic carbocycles. The van der Waals surface area contributed by atoms with Gasteiger partial charge in [-0.15, -0.1) is 11.8 Å². The molecule has 40 heteroatoms. The van der Waals surface area contributed by atoms with Gasteiger partial charge in [0, 0.05) is 93.6 Å². The summed E-state index contributed by atoms with van der Waals surface area (Å²) in [7, 11) is 3.98. The van der Waals surface area contributed by atoms with Crippen LogP contribution >= 0.6 is 11.8 Å². The summed E-state index contributed by atoms with van der Waals surface area (Å²) in [5, 5.41) is 49.0. The van der Waals surface area contributed by atoms with E-state index in [2.05, 4.69) is 63.1 Å². The number of amides is 17. The van der Waals surface area contributed by atoms with Gasteiger partial charge >= 0.3 is 0 Å². The maximum atomic E-state index is 15.6. The molecule has 5 heterocycles. The molecule has 14 atom stereocenters. The van der Waals surface area contributed by atoms with E-state index in [0.717, 1.165) is 38.0 Å². The number of hydrogen-bond acceptors (Lipinski definition) is 21. The van der Waals surface area contributed by atoms with Crippen molar-refractivity contribution in [3.05, 3.63) is 102 Å². The lowest BCUT2D eigenvalue weighted by atomic mass is 9.99. The summed E-state index contributed by atoms with van der Waals surface area (Å²) in [6, 6.07) is -0.472. The van der Waals surface area contributed by atoms with Crippen molar-refractivity contribution in [1.82, 2.24) is 87.6 Å². The van der Waals surface area contributed by atoms with Crippen molar-refractivity contribution in [2.75, 3.05) is 65.4 Å². The number of carbonyl (C=O) groups excluding carboxylic acids is 17. The van der Waals surface area contributed by atoms with Crippen molar-refractivity contribution in [3.63, 3.8) is 0 Å². The SMILES string of the molecule is CCCCC[C@H]1C(=O)N(C)[C@@H](CCCC)C(=O)N[C@@H](C)C(=O)N[C@H](C(=O)NCC(N)=O)CSCC(=O)N[C@@H](Cc2ccc(O)cc2)C(=O)N(C)[C@@H](C)C(=O)N[C@@H](CC(N)=O)C(=O)N2CCC[C@H]2C(=O)N[C@@H](CN)C(=O)N[C@@H](CC(C)C)C(=O)N2CCCC2C(=O)N[C@@H](CCc2c[nH]c3ccccc23)C(=O)N[C@@H](CO)C(=O)N[C@@H](Cc2c[nH]c3ccccc23)C(=O)N1C. The van der Waals surface area contributed by atoms with E-state index in [9.17, 15) is 63.0 Å². The Hall–Kier alpha value is -12.2. The number of carbonyl (C=O) groups is 17. The number of H-pyrrole nitrogens is 2. The Balaban J connectivity index is 1.15. The van der Waals surface area contributed by atoms with Crippen LogP contribution in [0.3, 0.4) is 0 Å². The standard InChI is InChI=1S/C87H124N20O19S/c1-10-12-14-26-70-87(126)104(8)67(25-13-11-2)80(119)94-49(5)74(113)102-66(76(115)93-44-72(90)111)46-127-47-73(112)95-61(38-51-29-32-54(109)33-30-51)83(122)103(7)50(6)75(114)97-63(40-71(89)110)86(125)107-36-20-28-69(107)82(121)100-64(41-88)78(117)98-60(37-48(3)4)85(124)106-35-19-27-68(106)81(120)96-59(34-31-52-42-91-57-23-17-15-21-55(52)57)77(116)101-65(45-108)79(118)99-62(84(123)105(70)9)39-53-43-92-58-24-18-16-22-56(53)58/h15-18,21-24,29-30,32-33,42-43,48-50,59-70,91-92,108-109H,10-14,19-20,25-28,31,34-41,44-47,88H2,1-9H3,(H2,89,110)(H2,90,111)(H,93,115)(H,94,119)(H,95,112)(H,96,120)(H,97,114)(H,98,117)(H,99,118)(H,100,121)(H,101,116)(H,102,113)/t49-,50-,59-,60-,61-,62-,63-,64-,65-,66-,67-,68?,69-,70-/m0/s1. The summed E-state index contributed by atoms with van der Waals surface area (Å²) < 4.78 is 0. The number of para-hydroxylation sites is 2. The number of phenols is 1. The van der Waals surface area contributed by atoms with Crippen LogP contribution in [0.15, 0.2) is 85.2 Å². The highest BCUT2D eigenvalue weighted by Gasteiger charge is 2.45. The molecule has 3 aliphatic rings. The number of aryl methyl sites for hydroxylation is 1. The Kier molecular flexibility index (Phi) is 37.8. The predicted molar refractivity (Wildman–Crippen MR) is 471 cm³/mol. The normalized spacial score (nSPS) is 25.1. The Morgan fingerprint density at radius 3 is 1.63 bits per heavy atom. The monoisotopic (exact) mass is 1780 g/mol. The lowest BCUT2D eigenvalue weighted by Crippen LogP contribution is -2.62. The Morgan fingerprint density at radius 2 is 1.04 bits per heavy atom. The zero-order valence-electron chi connectivity index (χ0n) is 73.4. The minimum atomic E-state index is -1.81. The zero-order chi connectivity index (χ0) is 93.0. The number of thioether (sulfide) groups is 1. The van der Waals surface area contributed by atoms with E-state index in [1.54, 1.807) is 50.5 Å². The molecule has 5 aromatic rings. The highest BCUT2D eigenvalue weighted by atomic mass is 32.2. The van der Waals surface area contributed by atoms with E-state index in [1.807, 2.05) is 38.1 Å². The maximum absolute atomic E-state index is 15.6. The van der Waals surface area contributed by atoms with Crippen LogP contribution in [-0.2, 0) is 101 Å². The molecule has 0 bridgehead atoms. The number of aliphatic hydroxyl groups excluding tert-OH is 1. The molecule has 8 rings (SSSR count). The number of benzene rings is 3. The molecule has 692 valence electrons. The fourth-order valence-electron chi connectivity index (χ4n) is 15.9. The van der Waals surface area contributed by atoms with Gasteiger partial charge in [-0.05, 0) is 119 Å². The van der Waals surface area contributed by atoms with Gasteiger partial charge in [0.15, 0.2) is 0 Å². The van der Waals surface area contributed by atoms with Gasteiger partial charge in [-0.3, -0.25) is 81.5 Å². The molecule has 2 aromatic heterocycles. The van der Waals surface area contributed by atoms with Crippen molar-refractivity contribution in [3.8, 4) is 5.75 Å². The number of aromatic amines is 2. The van der Waals surface area contributed by atoms with Crippen LogP contribution < -0.4 is 70.4 Å². The van der Waals surface area contributed by atoms with E-state index in [0.29, 0.717) is 54.1 Å². The molecule has 0 saturated carbocycles. The van der Waals surface area contributed by atoms with Gasteiger partial charge in [-0.1, -0.05) is 108 Å². The van der Waals surface area contributed by atoms with Crippen LogP contribution in [0.4, 0.5) is 0 Å². The van der Waals surface area contributed by atoms with Crippen molar-refractivity contribution in [2.24, 2.45) is 23.1 Å². The van der Waals surface area contributed by atoms with E-state index in [4.69, 9.17) is 17.2 Å². The van der Waals surface area contributed by atoms with E-state index in [1.165, 1.54) is 74.0 Å². The van der Waals surface area contributed by atoms with Crippen LogP contribution in [0.1, 0.15) is 148 Å². The van der Waals surface area contributed by atoms with Gasteiger partial charge in [0.2, 0.25) is 100 Å². The Bertz CT molecular complexity index is 4750. The molecule has 1 unspecified atom stereocenters. The first-order valence-electron chi connectivity index (χ1n) is 43.2. The fraction of sp³-hybridized carbons (Fsp3) is 0.552. The summed E-state index contributed by atoms with van der Waals surface area (Å²) in [5.74, 6) is -16.4. The number of nitrogens with one attached hydrogen (secondary N) is 12. The van der Waals surface area contributed by atoms with Gasteiger partial charge < -0.3 is 115 Å². The van der Waals surface area contributed by atoms with Crippen molar-refractivity contribution in [1.29, 1.82) is 0 Å². The molecule has 3 fully saturated rings. The summed E-state index contributed by atoms with van der Waals surface area (Å²) in [5.41, 5.74) is 20.4. The van der Waals surface area contributed by atoms with Gasteiger partial charge in [-0.2, -0.15) is 0 Å². The number of phenolic OH excluding ortho intramolecular Hbond substituents is 1. The van der Waals surface area contributed by atoms with E-state index < -0.39 is 217 Å². The number of likely N-dealkylation sites (N-methyl/N-ethyl adjacent to an activating group) is 3. The number of rotatable bonds is 23. The first-order valence-corrected chi connectivity index (χ1v) is 44.4. The number of primary amides is 2. The average Bonchev–Trinajstić information content (AvgIpc) is 1.74. The van der Waals surface area contributed by atoms with Crippen LogP contribution in [0.25, 0.3) is 21.8 Å². The second kappa shape index (κ2) is 47.9. The summed E-state index contributed by atoms with van der Waals surface area (Å²) in [4.78, 5) is 258. The second-order valence-electron chi connectivity index (χ2n) is 33.1. The third-order valence-corrected chi connectivity index (χ3v) is 24.2. The number of aromatic hydroxyl groups is 1. The molecule has 0 radical (unpaired) electrons. The maximum Gasteiger partial charge on any atom is 0.246 e. The minimum absolute atomic E-state index is 0.00621. The Morgan fingerprint density at radius 1 is 0.520 bits per heavy atom. The number of aliphatic hydroxyl groups is 1. The minimum Gasteiger partial charge on any atom is -0.508 e. The third-order valence-electron chi connectivity index (χ3n) is 23.2. The highest BCUT2D eigenvalue weighted by molar-refractivity contribution is 8.00. The van der Waals surface area contributed by atoms with Crippen molar-refractivity contribution < 1.29 is 91.7 Å². The number of unbranched alkanes of at least 4 members (excludes halogenated alkanes) is 3. The first kappa shape index (κ1) is 100. The van der Waals surface area contributed by atoms with Crippen LogP contribution in [0.5, 0.6) is 5.75 Å². The smallest absolute Gasteiger partial charge is 0.246 e. The summed E-state index contributed by atoms with van der Waals surface area (Å²) >= 11 is 0.790. The molecular formula is C87H124N20O19S. The number of aromatic nitrogens is 2. The molecule has 39 nitrogen and oxygen atoms in total. The molecular weight excluding hydrogens is 1660 g/mol. The lowest BCUT2D eigenvalue weighted by Gasteiger charge is -2.36. The second-order valence-corrected chi connectivity index (χ2v) is 34.1. The van der Waals surface area contributed by atoms with Gasteiger partial charge in [-0.25, -0.2) is 0 Å². The molecule has 20 N–H and O–H groups in total. The zero-order valence-corrected chi connectivity index (χ0v) is 74.2. The van der Waals surface area contributed by atoms with E-state index >= 15 is 28.8 Å². The topological polar surface area (TPSA) is 577 Å². The number of nitrogens with zero attached hydrogens (tertiary/aromatic N) is 5. The average molecular weight is 1790 g/mol. The van der Waals surface area contributed by atoms with Crippen LogP contribution in [0, 0.1) is 5.92 Å². The number of fused-ring (bicyclic) bond motifs is 4. The molecule has 127 heavy (non-hydrogen) atoms. The number of nitrogens with two attached hydrogens (primary N) is 3. The highest BCUT2D eigenvalue weighted by Crippen LogP contribution is 2.28. The summed E-state index contributed by atoms with van der Waals surface area (Å²) in [6.45, 7) is 7.61. The third kappa shape index (κ3) is 27.7. The van der Waals surface area contributed by atoms with E-state index in [-0.39, 0.29) is 101 Å². The van der Waals surface area contributed by atoms with Gasteiger partial charge in [0.1, 0.15) is 90.3 Å². The molecule has 17 amide bonds. The number of hydrogen-bond donors (Lipinski definition) is 17. The lowest BCUT2D eigenvalue weighted by molar-refractivity contribution is -0.149. The van der Waals surface area contributed by atoms with Crippen LogP contribution in [-0.4, -0.2) is 295 Å². The van der Waals surface area contributed by atoms with Crippen molar-refractivity contribution >= 4 is 134 Å². The Labute approximate surface area is 741 Å². The van der Waals surface area contributed by atoms with Crippen molar-refractivity contribution in [2.45, 2.75) is 235 Å². The molecule has 3 aromatic carbocycles. The summed E-state index contributed by atoms with van der Waals surface area (Å²) in [6.07, 6.45) is 5.45. The van der Waals surface area contributed by atoms with Gasteiger partial charge in [0.25, 0.3) is 0 Å². The fourth-order valence-corrected chi connectivity index (χ4v) is 16.8. The first-order chi connectivity index (χ1) is 60.5. The predicted octanol–water partition coefficient (Wildman–Crippen LogP) is -1.37. The molecule has 0 spiro atoms. The molecule has 3 saturated heterocycles. The van der Waals surface area contributed by atoms with Gasteiger partial charge in [0.05, 0.1) is 25.3 Å². The largest absolute Gasteiger partial charge is 0.508 e.